The van der Waals surface area contributed by atoms with E-state index in [0.717, 1.165) is 11.5 Å². The van der Waals surface area contributed by atoms with Crippen LogP contribution in [0.15, 0.2) is 23.1 Å². The van der Waals surface area contributed by atoms with Crippen molar-refractivity contribution in [2.45, 2.75) is 39.7 Å². The van der Waals surface area contributed by atoms with Gasteiger partial charge in [-0.3, -0.25) is 0 Å². The van der Waals surface area contributed by atoms with Crippen LogP contribution < -0.4 is 5.73 Å². The molecule has 5 nitrogen and oxygen atoms in total. The van der Waals surface area contributed by atoms with E-state index in [1.54, 1.807) is 6.20 Å². The van der Waals surface area contributed by atoms with E-state index < -0.39 is 0 Å². The second-order valence-corrected chi connectivity index (χ2v) is 5.30. The molecule has 0 aliphatic heterocycles. The molecule has 0 amide bonds. The molecule has 104 valence electrons. The maximum atomic E-state index is 5.90. The fourth-order valence-corrected chi connectivity index (χ4v) is 2.34. The van der Waals surface area contributed by atoms with Crippen LogP contribution in [0.25, 0.3) is 0 Å². The molecule has 0 spiro atoms. The predicted molar refractivity (Wildman–Crippen MR) is 73.9 cm³/mol. The van der Waals surface area contributed by atoms with Crippen molar-refractivity contribution in [3.8, 4) is 0 Å². The molecule has 0 fully saturated rings. The third-order valence-corrected chi connectivity index (χ3v) is 3.55. The van der Waals surface area contributed by atoms with Crippen molar-refractivity contribution >= 4 is 0 Å². The highest BCUT2D eigenvalue weighted by molar-refractivity contribution is 5.12. The largest absolute Gasteiger partial charge is 0.444 e. The first kappa shape index (κ1) is 13.8. The van der Waals surface area contributed by atoms with Crippen LogP contribution in [0.1, 0.15) is 50.1 Å². The lowest BCUT2D eigenvalue weighted by atomic mass is 9.92. The quantitative estimate of drug-likeness (QED) is 0.898. The Hall–Kier alpha value is -1.62. The summed E-state index contributed by atoms with van der Waals surface area (Å²) in [4.78, 5) is 8.56. The molecule has 2 unspecified atom stereocenters. The first-order valence-corrected chi connectivity index (χ1v) is 6.68. The summed E-state index contributed by atoms with van der Waals surface area (Å²) in [6, 6.07) is 0.0269. The first-order chi connectivity index (χ1) is 9.04. The van der Waals surface area contributed by atoms with E-state index in [2.05, 4.69) is 35.3 Å². The SMILES string of the molecule is Cc1cnc(C(C)n2cncc2C(CN)C(C)C)o1. The van der Waals surface area contributed by atoms with E-state index in [9.17, 15) is 0 Å². The van der Waals surface area contributed by atoms with Crippen LogP contribution in [0.2, 0.25) is 0 Å². The standard InChI is InChI=1S/C14H22N4O/c1-9(2)12(5-15)13-7-16-8-18(13)11(4)14-17-6-10(3)19-14/h6-9,11-12H,5,15H2,1-4H3. The Labute approximate surface area is 113 Å². The Bertz CT molecular complexity index is 529. The number of nitrogens with two attached hydrogens (primary N) is 1. The van der Waals surface area contributed by atoms with Gasteiger partial charge in [0, 0.05) is 24.4 Å². The highest BCUT2D eigenvalue weighted by Crippen LogP contribution is 2.27. The molecule has 2 rings (SSSR count). The van der Waals surface area contributed by atoms with Gasteiger partial charge in [0.2, 0.25) is 5.89 Å². The second kappa shape index (κ2) is 5.57. The van der Waals surface area contributed by atoms with Crippen LogP contribution >= 0.6 is 0 Å². The molecular formula is C14H22N4O. The maximum absolute atomic E-state index is 5.90. The van der Waals surface area contributed by atoms with Crippen molar-refractivity contribution in [3.05, 3.63) is 36.1 Å². The van der Waals surface area contributed by atoms with Gasteiger partial charge in [0.25, 0.3) is 0 Å². The van der Waals surface area contributed by atoms with Crippen molar-refractivity contribution in [2.24, 2.45) is 11.7 Å². The third kappa shape index (κ3) is 2.71. The highest BCUT2D eigenvalue weighted by atomic mass is 16.4. The Balaban J connectivity index is 2.33. The normalized spacial score (nSPS) is 14.8. The molecule has 2 heterocycles. The number of imidazole rings is 1. The average molecular weight is 262 g/mol. The minimum Gasteiger partial charge on any atom is -0.444 e. The number of oxazole rings is 1. The first-order valence-electron chi connectivity index (χ1n) is 6.68. The maximum Gasteiger partial charge on any atom is 0.217 e. The molecule has 0 aliphatic carbocycles. The Morgan fingerprint density at radius 2 is 2.05 bits per heavy atom. The van der Waals surface area contributed by atoms with Gasteiger partial charge in [-0.2, -0.15) is 0 Å². The fraction of sp³-hybridized carbons (Fsp3) is 0.571. The molecule has 0 radical (unpaired) electrons. The van der Waals surface area contributed by atoms with Gasteiger partial charge in [0.15, 0.2) is 0 Å². The van der Waals surface area contributed by atoms with E-state index in [1.165, 1.54) is 0 Å². The van der Waals surface area contributed by atoms with E-state index in [4.69, 9.17) is 10.2 Å². The smallest absolute Gasteiger partial charge is 0.217 e. The molecule has 0 aliphatic rings. The molecule has 2 atom stereocenters. The van der Waals surface area contributed by atoms with Crippen LogP contribution in [0, 0.1) is 12.8 Å². The summed E-state index contributed by atoms with van der Waals surface area (Å²) in [5.41, 5.74) is 7.04. The topological polar surface area (TPSA) is 69.9 Å². The van der Waals surface area contributed by atoms with E-state index in [-0.39, 0.29) is 6.04 Å². The summed E-state index contributed by atoms with van der Waals surface area (Å²) in [6.07, 6.45) is 5.46. The Morgan fingerprint density at radius 1 is 1.32 bits per heavy atom. The fourth-order valence-electron chi connectivity index (χ4n) is 2.34. The Morgan fingerprint density at radius 3 is 2.58 bits per heavy atom. The summed E-state index contributed by atoms with van der Waals surface area (Å²) < 4.78 is 7.71. The number of hydrogen-bond donors (Lipinski definition) is 1. The van der Waals surface area contributed by atoms with Crippen molar-refractivity contribution in [2.75, 3.05) is 6.54 Å². The van der Waals surface area contributed by atoms with Gasteiger partial charge in [0.1, 0.15) is 11.8 Å². The Kier molecular flexibility index (Phi) is 4.04. The summed E-state index contributed by atoms with van der Waals surface area (Å²) >= 11 is 0. The molecule has 0 saturated carbocycles. The molecule has 19 heavy (non-hydrogen) atoms. The van der Waals surface area contributed by atoms with Crippen LogP contribution in [0.5, 0.6) is 0 Å². The van der Waals surface area contributed by atoms with Crippen LogP contribution in [0.4, 0.5) is 0 Å². The minimum absolute atomic E-state index is 0.0269. The summed E-state index contributed by atoms with van der Waals surface area (Å²) in [5.74, 6) is 2.29. The molecule has 2 N–H and O–H groups in total. The lowest BCUT2D eigenvalue weighted by Gasteiger charge is -2.22. The number of nitrogens with zero attached hydrogens (tertiary/aromatic N) is 3. The molecule has 0 aromatic carbocycles. The van der Waals surface area contributed by atoms with Crippen molar-refractivity contribution in [1.82, 2.24) is 14.5 Å². The molecular weight excluding hydrogens is 240 g/mol. The molecule has 2 aromatic heterocycles. The van der Waals surface area contributed by atoms with Crippen molar-refractivity contribution < 1.29 is 4.42 Å². The van der Waals surface area contributed by atoms with Gasteiger partial charge in [-0.1, -0.05) is 13.8 Å². The van der Waals surface area contributed by atoms with Gasteiger partial charge >= 0.3 is 0 Å². The van der Waals surface area contributed by atoms with Crippen LogP contribution in [-0.2, 0) is 0 Å². The van der Waals surface area contributed by atoms with E-state index in [0.29, 0.717) is 24.3 Å². The molecule has 0 saturated heterocycles. The minimum atomic E-state index is 0.0269. The second-order valence-electron chi connectivity index (χ2n) is 5.30. The molecule has 2 aromatic rings. The van der Waals surface area contributed by atoms with Gasteiger partial charge < -0.3 is 14.7 Å². The van der Waals surface area contributed by atoms with Crippen LogP contribution in [-0.4, -0.2) is 21.1 Å². The zero-order valence-corrected chi connectivity index (χ0v) is 12.0. The number of hydrogen-bond acceptors (Lipinski definition) is 4. The average Bonchev–Trinajstić information content (AvgIpc) is 2.98. The van der Waals surface area contributed by atoms with Crippen molar-refractivity contribution in [1.29, 1.82) is 0 Å². The summed E-state index contributed by atoms with van der Waals surface area (Å²) in [7, 11) is 0. The van der Waals surface area contributed by atoms with Crippen molar-refractivity contribution in [3.63, 3.8) is 0 Å². The van der Waals surface area contributed by atoms with E-state index >= 15 is 0 Å². The number of aryl methyl sites for hydroxylation is 1. The lowest BCUT2D eigenvalue weighted by Crippen LogP contribution is -2.22. The summed E-state index contributed by atoms with van der Waals surface area (Å²) in [6.45, 7) is 8.92. The predicted octanol–water partition coefficient (Wildman–Crippen LogP) is 2.49. The third-order valence-electron chi connectivity index (χ3n) is 3.55. The van der Waals surface area contributed by atoms with Gasteiger partial charge in [-0.05, 0) is 19.8 Å². The van der Waals surface area contributed by atoms with Gasteiger partial charge in [-0.15, -0.1) is 0 Å². The zero-order chi connectivity index (χ0) is 14.0. The zero-order valence-electron chi connectivity index (χ0n) is 12.0. The van der Waals surface area contributed by atoms with Gasteiger partial charge in [-0.25, -0.2) is 9.97 Å². The highest BCUT2D eigenvalue weighted by Gasteiger charge is 2.22. The lowest BCUT2D eigenvalue weighted by molar-refractivity contribution is 0.395. The molecule has 0 bridgehead atoms. The monoisotopic (exact) mass is 262 g/mol. The molecule has 5 heteroatoms. The van der Waals surface area contributed by atoms with Crippen LogP contribution in [0.3, 0.4) is 0 Å². The summed E-state index contributed by atoms with van der Waals surface area (Å²) in [5, 5.41) is 0. The number of rotatable bonds is 5. The van der Waals surface area contributed by atoms with Gasteiger partial charge in [0.05, 0.1) is 12.5 Å². The number of aromatic nitrogens is 3. The van der Waals surface area contributed by atoms with E-state index in [1.807, 2.05) is 19.4 Å².